The Hall–Kier alpha value is -0.970. The van der Waals surface area contributed by atoms with Gasteiger partial charge in [-0.3, -0.25) is 4.79 Å². The number of benzene rings is 1. The molecule has 2 atom stereocenters. The number of carbonyl (C=O) groups excluding carboxylic acids is 2. The second-order valence-electron chi connectivity index (χ2n) is 5.87. The van der Waals surface area contributed by atoms with Crippen molar-refractivity contribution < 1.29 is 14.3 Å². The standard InChI is InChI=1S/C17H20Cl3NO3/c1-3-24-17(23)15-6-4-5-10(2)21(15)16(22)9-12-13(19)7-11(18)8-14(12)20/h7-8,10,15H,3-6,9H2,1-2H3. The van der Waals surface area contributed by atoms with Crippen LogP contribution in [-0.2, 0) is 20.7 Å². The van der Waals surface area contributed by atoms with Crippen molar-refractivity contribution in [1.82, 2.24) is 4.90 Å². The minimum atomic E-state index is -0.550. The Labute approximate surface area is 157 Å². The number of halogens is 3. The minimum absolute atomic E-state index is 0.0229. The summed E-state index contributed by atoms with van der Waals surface area (Å²) in [6, 6.07) is 2.52. The van der Waals surface area contributed by atoms with Crippen molar-refractivity contribution in [2.75, 3.05) is 6.61 Å². The van der Waals surface area contributed by atoms with Crippen LogP contribution >= 0.6 is 34.8 Å². The Morgan fingerprint density at radius 2 is 1.83 bits per heavy atom. The summed E-state index contributed by atoms with van der Waals surface area (Å²) in [5.74, 6) is -0.544. The van der Waals surface area contributed by atoms with E-state index in [0.717, 1.165) is 12.8 Å². The first-order valence-electron chi connectivity index (χ1n) is 7.96. The average Bonchev–Trinajstić information content (AvgIpc) is 2.50. The lowest BCUT2D eigenvalue weighted by molar-refractivity contribution is -0.158. The lowest BCUT2D eigenvalue weighted by atomic mass is 9.95. The van der Waals surface area contributed by atoms with Crippen LogP contribution in [-0.4, -0.2) is 35.5 Å². The van der Waals surface area contributed by atoms with Crippen molar-refractivity contribution in [3.8, 4) is 0 Å². The molecule has 1 aliphatic rings. The van der Waals surface area contributed by atoms with Gasteiger partial charge in [-0.15, -0.1) is 0 Å². The number of ether oxygens (including phenoxy) is 1. The van der Waals surface area contributed by atoms with E-state index < -0.39 is 6.04 Å². The first kappa shape index (κ1) is 19.4. The summed E-state index contributed by atoms with van der Waals surface area (Å²) in [6.45, 7) is 3.98. The maximum Gasteiger partial charge on any atom is 0.328 e. The summed E-state index contributed by atoms with van der Waals surface area (Å²) in [4.78, 5) is 26.7. The van der Waals surface area contributed by atoms with Crippen molar-refractivity contribution in [3.05, 3.63) is 32.8 Å². The zero-order valence-corrected chi connectivity index (χ0v) is 15.9. The molecule has 1 heterocycles. The zero-order valence-electron chi connectivity index (χ0n) is 13.7. The SMILES string of the molecule is CCOC(=O)C1CCCC(C)N1C(=O)Cc1c(Cl)cc(Cl)cc1Cl. The molecule has 0 spiro atoms. The lowest BCUT2D eigenvalue weighted by Crippen LogP contribution is -2.53. The highest BCUT2D eigenvalue weighted by Crippen LogP contribution is 2.31. The van der Waals surface area contributed by atoms with Gasteiger partial charge in [-0.25, -0.2) is 4.79 Å². The Balaban J connectivity index is 2.23. The Kier molecular flexibility index (Phi) is 6.79. The second-order valence-corrected chi connectivity index (χ2v) is 7.12. The van der Waals surface area contributed by atoms with Gasteiger partial charge in [0.25, 0.3) is 0 Å². The molecule has 0 saturated carbocycles. The second kappa shape index (κ2) is 8.41. The predicted molar refractivity (Wildman–Crippen MR) is 95.8 cm³/mol. The van der Waals surface area contributed by atoms with Crippen LogP contribution in [0.2, 0.25) is 15.1 Å². The van der Waals surface area contributed by atoms with Gasteiger partial charge in [0.15, 0.2) is 0 Å². The molecule has 7 heteroatoms. The van der Waals surface area contributed by atoms with E-state index in [1.165, 1.54) is 0 Å². The van der Waals surface area contributed by atoms with Crippen LogP contribution < -0.4 is 0 Å². The number of hydrogen-bond acceptors (Lipinski definition) is 3. The molecule has 0 radical (unpaired) electrons. The number of nitrogens with zero attached hydrogens (tertiary/aromatic N) is 1. The monoisotopic (exact) mass is 391 g/mol. The fraction of sp³-hybridized carbons (Fsp3) is 0.529. The molecule has 1 saturated heterocycles. The third-order valence-corrected chi connectivity index (χ3v) is 5.08. The molecule has 1 fully saturated rings. The molecule has 2 rings (SSSR count). The van der Waals surface area contributed by atoms with Crippen molar-refractivity contribution in [1.29, 1.82) is 0 Å². The van der Waals surface area contributed by atoms with Gasteiger partial charge in [0.05, 0.1) is 13.0 Å². The van der Waals surface area contributed by atoms with E-state index in [-0.39, 0.29) is 24.3 Å². The van der Waals surface area contributed by atoms with Gasteiger partial charge in [-0.05, 0) is 50.8 Å². The number of piperidine rings is 1. The number of esters is 1. The van der Waals surface area contributed by atoms with Crippen molar-refractivity contribution in [3.63, 3.8) is 0 Å². The topological polar surface area (TPSA) is 46.6 Å². The van der Waals surface area contributed by atoms with Crippen LogP contribution in [0, 0.1) is 0 Å². The van der Waals surface area contributed by atoms with Crippen LogP contribution in [0.5, 0.6) is 0 Å². The Morgan fingerprint density at radius 3 is 2.42 bits per heavy atom. The largest absolute Gasteiger partial charge is 0.464 e. The molecule has 0 bridgehead atoms. The van der Waals surface area contributed by atoms with Gasteiger partial charge in [0, 0.05) is 21.1 Å². The molecule has 1 aromatic rings. The van der Waals surface area contributed by atoms with E-state index in [0.29, 0.717) is 33.7 Å². The number of carbonyl (C=O) groups is 2. The number of hydrogen-bond donors (Lipinski definition) is 0. The van der Waals surface area contributed by atoms with E-state index in [1.807, 2.05) is 6.92 Å². The van der Waals surface area contributed by atoms with Crippen LogP contribution in [0.4, 0.5) is 0 Å². The van der Waals surface area contributed by atoms with Gasteiger partial charge < -0.3 is 9.64 Å². The smallest absolute Gasteiger partial charge is 0.328 e. The summed E-state index contributed by atoms with van der Waals surface area (Å²) >= 11 is 18.2. The van der Waals surface area contributed by atoms with Crippen LogP contribution in [0.1, 0.15) is 38.7 Å². The molecule has 0 aliphatic carbocycles. The van der Waals surface area contributed by atoms with Crippen molar-refractivity contribution >= 4 is 46.7 Å². The first-order chi connectivity index (χ1) is 11.3. The Bertz CT molecular complexity index is 613. The summed E-state index contributed by atoms with van der Waals surface area (Å²) in [5, 5.41) is 1.10. The van der Waals surface area contributed by atoms with Crippen LogP contribution in [0.3, 0.4) is 0 Å². The van der Waals surface area contributed by atoms with Crippen LogP contribution in [0.15, 0.2) is 12.1 Å². The molecular weight excluding hydrogens is 373 g/mol. The molecule has 1 aromatic carbocycles. The zero-order chi connectivity index (χ0) is 17.9. The van der Waals surface area contributed by atoms with Crippen LogP contribution in [0.25, 0.3) is 0 Å². The van der Waals surface area contributed by atoms with E-state index in [4.69, 9.17) is 39.5 Å². The molecule has 1 amide bonds. The van der Waals surface area contributed by atoms with E-state index in [9.17, 15) is 9.59 Å². The maximum absolute atomic E-state index is 12.9. The first-order valence-corrected chi connectivity index (χ1v) is 9.09. The summed E-state index contributed by atoms with van der Waals surface area (Å²) < 4.78 is 5.12. The number of amides is 1. The van der Waals surface area contributed by atoms with Gasteiger partial charge in [0.1, 0.15) is 6.04 Å². The number of rotatable bonds is 4. The average molecular weight is 393 g/mol. The van der Waals surface area contributed by atoms with E-state index in [2.05, 4.69) is 0 Å². The molecular formula is C17H20Cl3NO3. The summed E-state index contributed by atoms with van der Waals surface area (Å²) in [5.41, 5.74) is 0.521. The highest BCUT2D eigenvalue weighted by molar-refractivity contribution is 6.39. The summed E-state index contributed by atoms with van der Waals surface area (Å²) in [7, 11) is 0. The third kappa shape index (κ3) is 4.35. The van der Waals surface area contributed by atoms with E-state index >= 15 is 0 Å². The van der Waals surface area contributed by atoms with Gasteiger partial charge >= 0.3 is 5.97 Å². The highest BCUT2D eigenvalue weighted by atomic mass is 35.5. The molecule has 1 aliphatic heterocycles. The fourth-order valence-electron chi connectivity index (χ4n) is 3.06. The van der Waals surface area contributed by atoms with Gasteiger partial charge in [-0.2, -0.15) is 0 Å². The normalized spacial score (nSPS) is 20.8. The molecule has 2 unspecified atom stereocenters. The fourth-order valence-corrected chi connectivity index (χ4v) is 4.02. The van der Waals surface area contributed by atoms with Crippen molar-refractivity contribution in [2.24, 2.45) is 0 Å². The maximum atomic E-state index is 12.9. The molecule has 0 N–H and O–H groups in total. The van der Waals surface area contributed by atoms with Gasteiger partial charge in [-0.1, -0.05) is 34.8 Å². The Morgan fingerprint density at radius 1 is 1.21 bits per heavy atom. The van der Waals surface area contributed by atoms with E-state index in [1.54, 1.807) is 24.0 Å². The van der Waals surface area contributed by atoms with Crippen molar-refractivity contribution in [2.45, 2.75) is 51.6 Å². The quantitative estimate of drug-likeness (QED) is 0.708. The molecule has 4 nitrogen and oxygen atoms in total. The number of likely N-dealkylation sites (tertiary alicyclic amines) is 1. The molecule has 132 valence electrons. The van der Waals surface area contributed by atoms with Gasteiger partial charge in [0.2, 0.25) is 5.91 Å². The lowest BCUT2D eigenvalue weighted by Gasteiger charge is -2.39. The highest BCUT2D eigenvalue weighted by Gasteiger charge is 2.37. The summed E-state index contributed by atoms with van der Waals surface area (Å²) in [6.07, 6.45) is 2.37. The molecule has 0 aromatic heterocycles. The predicted octanol–water partition coefficient (Wildman–Crippen LogP) is 4.52. The third-order valence-electron chi connectivity index (χ3n) is 4.19. The minimum Gasteiger partial charge on any atom is -0.464 e. The molecule has 24 heavy (non-hydrogen) atoms.